The average molecular weight is 257 g/mol. The first kappa shape index (κ1) is 13.1. The molecule has 1 amide bonds. The van der Waals surface area contributed by atoms with E-state index in [1.807, 2.05) is 44.2 Å². The molecule has 0 unspecified atom stereocenters. The second-order valence-electron chi connectivity index (χ2n) is 4.38. The molecule has 0 aliphatic rings. The van der Waals surface area contributed by atoms with E-state index in [4.69, 9.17) is 4.74 Å². The predicted octanol–water partition coefficient (Wildman–Crippen LogP) is 2.14. The summed E-state index contributed by atoms with van der Waals surface area (Å²) in [4.78, 5) is 14.6. The van der Waals surface area contributed by atoms with Gasteiger partial charge in [0.1, 0.15) is 5.75 Å². The Morgan fingerprint density at radius 1 is 1.26 bits per heavy atom. The number of anilines is 1. The SMILES string of the molecule is Cc1ccc(OCC(=O)Nc2cccc[nH+]2)c(C)c1. The van der Waals surface area contributed by atoms with Gasteiger partial charge in [-0.05, 0) is 31.5 Å². The van der Waals surface area contributed by atoms with E-state index in [0.717, 1.165) is 11.3 Å². The molecule has 19 heavy (non-hydrogen) atoms. The molecule has 2 N–H and O–H groups in total. The highest BCUT2D eigenvalue weighted by molar-refractivity contribution is 5.90. The van der Waals surface area contributed by atoms with Gasteiger partial charge in [-0.2, -0.15) is 0 Å². The van der Waals surface area contributed by atoms with Gasteiger partial charge >= 0.3 is 5.91 Å². The van der Waals surface area contributed by atoms with Crippen LogP contribution >= 0.6 is 0 Å². The van der Waals surface area contributed by atoms with Crippen LogP contribution in [0.15, 0.2) is 42.6 Å². The van der Waals surface area contributed by atoms with Crippen LogP contribution in [0, 0.1) is 13.8 Å². The second kappa shape index (κ2) is 6.00. The van der Waals surface area contributed by atoms with Crippen molar-refractivity contribution < 1.29 is 14.5 Å². The van der Waals surface area contributed by atoms with Crippen LogP contribution in [-0.4, -0.2) is 12.5 Å². The minimum Gasteiger partial charge on any atom is -0.481 e. The molecule has 0 atom stereocenters. The molecule has 0 saturated carbocycles. The zero-order valence-corrected chi connectivity index (χ0v) is 11.1. The van der Waals surface area contributed by atoms with Gasteiger partial charge in [-0.1, -0.05) is 23.8 Å². The monoisotopic (exact) mass is 257 g/mol. The number of aryl methyl sites for hydroxylation is 2. The topological polar surface area (TPSA) is 52.5 Å². The first-order valence-corrected chi connectivity index (χ1v) is 6.12. The first-order valence-electron chi connectivity index (χ1n) is 6.12. The molecule has 0 fully saturated rings. The molecule has 1 aromatic carbocycles. The Bertz CT molecular complexity index is 568. The Kier molecular flexibility index (Phi) is 4.13. The van der Waals surface area contributed by atoms with Crippen molar-refractivity contribution in [3.63, 3.8) is 0 Å². The number of rotatable bonds is 4. The number of H-pyrrole nitrogens is 1. The molecular formula is C15H17N2O2+. The zero-order chi connectivity index (χ0) is 13.7. The summed E-state index contributed by atoms with van der Waals surface area (Å²) in [5.74, 6) is 1.19. The third kappa shape index (κ3) is 3.81. The van der Waals surface area contributed by atoms with E-state index in [2.05, 4.69) is 10.3 Å². The number of hydrogen-bond acceptors (Lipinski definition) is 2. The number of aromatic nitrogens is 1. The van der Waals surface area contributed by atoms with E-state index >= 15 is 0 Å². The maximum atomic E-state index is 11.7. The first-order chi connectivity index (χ1) is 9.15. The molecular weight excluding hydrogens is 240 g/mol. The number of pyridine rings is 1. The van der Waals surface area contributed by atoms with E-state index in [1.54, 1.807) is 12.3 Å². The van der Waals surface area contributed by atoms with Gasteiger partial charge in [0.2, 0.25) is 0 Å². The summed E-state index contributed by atoms with van der Waals surface area (Å²) < 4.78 is 5.50. The summed E-state index contributed by atoms with van der Waals surface area (Å²) >= 11 is 0. The summed E-state index contributed by atoms with van der Waals surface area (Å²) in [6, 6.07) is 11.4. The average Bonchev–Trinajstić information content (AvgIpc) is 2.39. The van der Waals surface area contributed by atoms with Gasteiger partial charge in [-0.25, -0.2) is 15.1 Å². The quantitative estimate of drug-likeness (QED) is 0.912. The molecule has 0 radical (unpaired) electrons. The molecule has 1 aromatic heterocycles. The van der Waals surface area contributed by atoms with E-state index < -0.39 is 0 Å². The summed E-state index contributed by atoms with van der Waals surface area (Å²) in [5, 5.41) is 2.72. The molecule has 0 aliphatic carbocycles. The molecule has 0 aliphatic heterocycles. The smallest absolute Gasteiger partial charge is 0.345 e. The van der Waals surface area contributed by atoms with Gasteiger partial charge in [0.25, 0.3) is 5.82 Å². The van der Waals surface area contributed by atoms with Gasteiger partial charge in [0, 0.05) is 6.07 Å². The third-order valence-corrected chi connectivity index (χ3v) is 2.67. The van der Waals surface area contributed by atoms with Gasteiger partial charge in [0.05, 0.1) is 6.20 Å². The van der Waals surface area contributed by atoms with E-state index in [9.17, 15) is 4.79 Å². The number of ether oxygens (including phenoxy) is 1. The van der Waals surface area contributed by atoms with Crippen molar-refractivity contribution in [2.75, 3.05) is 11.9 Å². The summed E-state index contributed by atoms with van der Waals surface area (Å²) in [6.07, 6.45) is 1.75. The summed E-state index contributed by atoms with van der Waals surface area (Å²) in [6.45, 7) is 3.98. The lowest BCUT2D eigenvalue weighted by Gasteiger charge is -2.07. The van der Waals surface area contributed by atoms with Crippen molar-refractivity contribution in [1.29, 1.82) is 0 Å². The molecule has 98 valence electrons. The highest BCUT2D eigenvalue weighted by atomic mass is 16.5. The third-order valence-electron chi connectivity index (χ3n) is 2.67. The number of carbonyl (C=O) groups excluding carboxylic acids is 1. The lowest BCUT2D eigenvalue weighted by molar-refractivity contribution is -0.360. The summed E-state index contributed by atoms with van der Waals surface area (Å²) in [7, 11) is 0. The Morgan fingerprint density at radius 3 is 2.79 bits per heavy atom. The van der Waals surface area contributed by atoms with Crippen LogP contribution in [0.4, 0.5) is 5.82 Å². The van der Waals surface area contributed by atoms with Crippen molar-refractivity contribution in [3.8, 4) is 5.75 Å². The Hall–Kier alpha value is -2.36. The van der Waals surface area contributed by atoms with Crippen LogP contribution in [0.1, 0.15) is 11.1 Å². The summed E-state index contributed by atoms with van der Waals surface area (Å²) in [5.41, 5.74) is 2.20. The standard InChI is InChI=1S/C15H16N2O2/c1-11-6-7-13(12(2)9-11)19-10-15(18)17-14-5-3-4-8-16-14/h3-9H,10H2,1-2H3,(H,16,17,18)/p+1. The number of amides is 1. The van der Waals surface area contributed by atoms with Gasteiger partial charge in [-0.15, -0.1) is 0 Å². The van der Waals surface area contributed by atoms with Crippen LogP contribution in [0.2, 0.25) is 0 Å². The van der Waals surface area contributed by atoms with Gasteiger partial charge < -0.3 is 4.74 Å². The molecule has 4 heteroatoms. The van der Waals surface area contributed by atoms with Crippen molar-refractivity contribution in [1.82, 2.24) is 0 Å². The fraction of sp³-hybridized carbons (Fsp3) is 0.200. The molecule has 0 spiro atoms. The second-order valence-corrected chi connectivity index (χ2v) is 4.38. The van der Waals surface area contributed by atoms with Crippen molar-refractivity contribution >= 4 is 11.7 Å². The fourth-order valence-corrected chi connectivity index (χ4v) is 1.76. The van der Waals surface area contributed by atoms with Crippen molar-refractivity contribution in [3.05, 3.63) is 53.7 Å². The van der Waals surface area contributed by atoms with Crippen molar-refractivity contribution in [2.24, 2.45) is 0 Å². The Balaban J connectivity index is 1.90. The number of benzene rings is 1. The van der Waals surface area contributed by atoms with E-state index in [-0.39, 0.29) is 12.5 Å². The molecule has 0 bridgehead atoms. The Labute approximate surface area is 112 Å². The molecule has 2 rings (SSSR count). The normalized spacial score (nSPS) is 10.0. The molecule has 0 saturated heterocycles. The lowest BCUT2D eigenvalue weighted by atomic mass is 10.1. The predicted molar refractivity (Wildman–Crippen MR) is 73.0 cm³/mol. The lowest BCUT2D eigenvalue weighted by Crippen LogP contribution is -2.24. The number of nitrogens with one attached hydrogen (secondary N) is 2. The number of carbonyl (C=O) groups is 1. The highest BCUT2D eigenvalue weighted by Crippen LogP contribution is 2.18. The maximum Gasteiger partial charge on any atom is 0.345 e. The van der Waals surface area contributed by atoms with Crippen LogP contribution in [0.5, 0.6) is 5.75 Å². The van der Waals surface area contributed by atoms with Crippen LogP contribution in [-0.2, 0) is 4.79 Å². The Morgan fingerprint density at radius 2 is 2.11 bits per heavy atom. The van der Waals surface area contributed by atoms with Gasteiger partial charge in [-0.3, -0.25) is 0 Å². The van der Waals surface area contributed by atoms with Crippen LogP contribution in [0.3, 0.4) is 0 Å². The largest absolute Gasteiger partial charge is 0.481 e. The van der Waals surface area contributed by atoms with Crippen LogP contribution < -0.4 is 15.0 Å². The minimum atomic E-state index is -0.192. The number of aromatic amines is 1. The molecule has 1 heterocycles. The van der Waals surface area contributed by atoms with E-state index in [1.165, 1.54) is 5.56 Å². The highest BCUT2D eigenvalue weighted by Gasteiger charge is 2.10. The maximum absolute atomic E-state index is 11.7. The van der Waals surface area contributed by atoms with Gasteiger partial charge in [0.15, 0.2) is 6.61 Å². The van der Waals surface area contributed by atoms with E-state index in [0.29, 0.717) is 5.82 Å². The van der Waals surface area contributed by atoms with Crippen molar-refractivity contribution in [2.45, 2.75) is 13.8 Å². The fourth-order valence-electron chi connectivity index (χ4n) is 1.76. The molecule has 2 aromatic rings. The minimum absolute atomic E-state index is 0.00731. The van der Waals surface area contributed by atoms with Crippen LogP contribution in [0.25, 0.3) is 0 Å². The number of hydrogen-bond donors (Lipinski definition) is 1. The zero-order valence-electron chi connectivity index (χ0n) is 11.1. The molecule has 4 nitrogen and oxygen atoms in total.